The van der Waals surface area contributed by atoms with Crippen molar-refractivity contribution in [1.29, 1.82) is 0 Å². The third-order valence-electron chi connectivity index (χ3n) is 3.67. The molecule has 20 heavy (non-hydrogen) atoms. The van der Waals surface area contributed by atoms with Gasteiger partial charge < -0.3 is 14.7 Å². The molecule has 1 heterocycles. The summed E-state index contributed by atoms with van der Waals surface area (Å²) in [6.45, 7) is 7.78. The molecule has 4 heteroatoms. The van der Waals surface area contributed by atoms with Gasteiger partial charge in [0.25, 0.3) is 0 Å². The molecular weight excluding hydrogens is 318 g/mol. The highest BCUT2D eigenvalue weighted by atomic mass is 79.9. The van der Waals surface area contributed by atoms with Gasteiger partial charge in [0.2, 0.25) is 0 Å². The van der Waals surface area contributed by atoms with Gasteiger partial charge in [-0.2, -0.15) is 0 Å². The van der Waals surface area contributed by atoms with Crippen LogP contribution in [0.2, 0.25) is 0 Å². The van der Waals surface area contributed by atoms with E-state index in [1.807, 2.05) is 24.3 Å². The molecule has 0 aromatic heterocycles. The second-order valence-corrected chi connectivity index (χ2v) is 7.00. The van der Waals surface area contributed by atoms with E-state index in [1.165, 1.54) is 6.42 Å². The van der Waals surface area contributed by atoms with E-state index < -0.39 is 6.10 Å². The van der Waals surface area contributed by atoms with Crippen LogP contribution in [0.15, 0.2) is 28.7 Å². The third-order valence-corrected chi connectivity index (χ3v) is 4.20. The molecule has 0 aliphatic carbocycles. The van der Waals surface area contributed by atoms with E-state index >= 15 is 0 Å². The minimum Gasteiger partial charge on any atom is -0.491 e. The molecule has 0 radical (unpaired) electrons. The minimum atomic E-state index is -0.434. The predicted molar refractivity (Wildman–Crippen MR) is 85.0 cm³/mol. The molecule has 3 atom stereocenters. The van der Waals surface area contributed by atoms with Gasteiger partial charge in [0, 0.05) is 24.1 Å². The van der Waals surface area contributed by atoms with Crippen LogP contribution in [0.5, 0.6) is 5.75 Å². The number of hydrogen-bond acceptors (Lipinski definition) is 3. The molecule has 1 aromatic carbocycles. The Bertz CT molecular complexity index is 399. The molecule has 1 N–H and O–H groups in total. The van der Waals surface area contributed by atoms with E-state index in [1.54, 1.807) is 0 Å². The largest absolute Gasteiger partial charge is 0.491 e. The molecule has 2 rings (SSSR count). The van der Waals surface area contributed by atoms with E-state index in [2.05, 4.69) is 34.7 Å². The molecule has 1 aliphatic heterocycles. The summed E-state index contributed by atoms with van der Waals surface area (Å²) in [6.07, 6.45) is 0.860. The highest BCUT2D eigenvalue weighted by Gasteiger charge is 2.23. The van der Waals surface area contributed by atoms with Gasteiger partial charge in [-0.05, 0) is 42.5 Å². The van der Waals surface area contributed by atoms with Crippen molar-refractivity contribution in [2.75, 3.05) is 26.2 Å². The topological polar surface area (TPSA) is 32.7 Å². The van der Waals surface area contributed by atoms with Gasteiger partial charge >= 0.3 is 0 Å². The third kappa shape index (κ3) is 5.08. The Morgan fingerprint density at radius 2 is 1.85 bits per heavy atom. The molecule has 0 spiro atoms. The maximum Gasteiger partial charge on any atom is 0.119 e. The summed E-state index contributed by atoms with van der Waals surface area (Å²) in [5, 5.41) is 10.1. The summed E-state index contributed by atoms with van der Waals surface area (Å²) in [5.41, 5.74) is 0. The first-order valence-corrected chi connectivity index (χ1v) is 8.11. The van der Waals surface area contributed by atoms with Gasteiger partial charge in [-0.25, -0.2) is 0 Å². The van der Waals surface area contributed by atoms with Crippen molar-refractivity contribution in [3.63, 3.8) is 0 Å². The minimum absolute atomic E-state index is 0.348. The standard InChI is InChI=1S/C16H24BrNO2/c1-12-7-13(2)9-18(8-12)10-15(19)11-20-16-5-3-14(17)4-6-16/h3-6,12-13,15,19H,7-11H2,1-2H3/t12-,13-,15-/m0/s1. The molecule has 0 saturated carbocycles. The molecule has 0 bridgehead atoms. The number of β-amino-alcohol motifs (C(OH)–C–C–N with tert-alkyl or cyclic N) is 1. The highest BCUT2D eigenvalue weighted by Crippen LogP contribution is 2.21. The Morgan fingerprint density at radius 3 is 2.45 bits per heavy atom. The quantitative estimate of drug-likeness (QED) is 0.892. The van der Waals surface area contributed by atoms with E-state index in [0.29, 0.717) is 13.2 Å². The lowest BCUT2D eigenvalue weighted by Crippen LogP contribution is -2.43. The monoisotopic (exact) mass is 341 g/mol. The van der Waals surface area contributed by atoms with Gasteiger partial charge in [-0.3, -0.25) is 0 Å². The summed E-state index contributed by atoms with van der Waals surface area (Å²) in [5.74, 6) is 2.24. The molecule has 1 fully saturated rings. The number of piperidine rings is 1. The number of aliphatic hydroxyl groups is 1. The Balaban J connectivity index is 1.74. The van der Waals surface area contributed by atoms with Crippen LogP contribution in [0.1, 0.15) is 20.3 Å². The van der Waals surface area contributed by atoms with Crippen LogP contribution in [0.25, 0.3) is 0 Å². The Labute approximate surface area is 130 Å². The van der Waals surface area contributed by atoms with Gasteiger partial charge in [0.1, 0.15) is 18.5 Å². The van der Waals surface area contributed by atoms with Crippen LogP contribution < -0.4 is 4.74 Å². The number of rotatable bonds is 5. The van der Waals surface area contributed by atoms with Crippen LogP contribution in [-0.4, -0.2) is 42.4 Å². The fourth-order valence-electron chi connectivity index (χ4n) is 3.02. The number of hydrogen-bond donors (Lipinski definition) is 1. The second kappa shape index (κ2) is 7.43. The van der Waals surface area contributed by atoms with E-state index in [-0.39, 0.29) is 0 Å². The van der Waals surface area contributed by atoms with E-state index in [0.717, 1.165) is 35.1 Å². The fourth-order valence-corrected chi connectivity index (χ4v) is 3.28. The Kier molecular flexibility index (Phi) is 5.87. The summed E-state index contributed by atoms with van der Waals surface area (Å²) >= 11 is 3.39. The number of ether oxygens (including phenoxy) is 1. The van der Waals surface area contributed by atoms with Crippen molar-refractivity contribution in [1.82, 2.24) is 4.90 Å². The molecule has 1 aromatic rings. The van der Waals surface area contributed by atoms with Crippen molar-refractivity contribution in [3.8, 4) is 5.75 Å². The lowest BCUT2D eigenvalue weighted by atomic mass is 9.92. The lowest BCUT2D eigenvalue weighted by molar-refractivity contribution is 0.0429. The summed E-state index contributed by atoms with van der Waals surface area (Å²) in [6, 6.07) is 7.69. The fraction of sp³-hybridized carbons (Fsp3) is 0.625. The van der Waals surface area contributed by atoms with Gasteiger partial charge in [-0.1, -0.05) is 29.8 Å². The Morgan fingerprint density at radius 1 is 1.25 bits per heavy atom. The Hall–Kier alpha value is -0.580. The number of benzene rings is 1. The van der Waals surface area contributed by atoms with Crippen molar-refractivity contribution < 1.29 is 9.84 Å². The lowest BCUT2D eigenvalue weighted by Gasteiger charge is -2.35. The van der Waals surface area contributed by atoms with Crippen molar-refractivity contribution >= 4 is 15.9 Å². The summed E-state index contributed by atoms with van der Waals surface area (Å²) in [7, 11) is 0. The number of likely N-dealkylation sites (tertiary alicyclic amines) is 1. The zero-order chi connectivity index (χ0) is 14.5. The molecule has 112 valence electrons. The van der Waals surface area contributed by atoms with Crippen molar-refractivity contribution in [3.05, 3.63) is 28.7 Å². The number of halogens is 1. The normalized spacial score (nSPS) is 25.4. The first-order chi connectivity index (χ1) is 9.52. The van der Waals surface area contributed by atoms with Crippen molar-refractivity contribution in [2.24, 2.45) is 11.8 Å². The molecule has 0 amide bonds. The molecule has 1 saturated heterocycles. The van der Waals surface area contributed by atoms with Crippen LogP contribution in [-0.2, 0) is 0 Å². The van der Waals surface area contributed by atoms with Gasteiger partial charge in [0.05, 0.1) is 0 Å². The van der Waals surface area contributed by atoms with Crippen LogP contribution in [0, 0.1) is 11.8 Å². The maximum absolute atomic E-state index is 10.1. The highest BCUT2D eigenvalue weighted by molar-refractivity contribution is 9.10. The first kappa shape index (κ1) is 15.8. The molecule has 0 unspecified atom stereocenters. The van der Waals surface area contributed by atoms with Gasteiger partial charge in [0.15, 0.2) is 0 Å². The maximum atomic E-state index is 10.1. The summed E-state index contributed by atoms with van der Waals surface area (Å²) in [4.78, 5) is 2.36. The molecule has 3 nitrogen and oxygen atoms in total. The number of nitrogens with zero attached hydrogens (tertiary/aromatic N) is 1. The van der Waals surface area contributed by atoms with Crippen LogP contribution >= 0.6 is 15.9 Å². The smallest absolute Gasteiger partial charge is 0.119 e. The molecule has 1 aliphatic rings. The zero-order valence-electron chi connectivity index (χ0n) is 12.3. The van der Waals surface area contributed by atoms with Crippen molar-refractivity contribution in [2.45, 2.75) is 26.4 Å². The number of aliphatic hydroxyl groups excluding tert-OH is 1. The average Bonchev–Trinajstić information content (AvgIpc) is 2.37. The summed E-state index contributed by atoms with van der Waals surface area (Å²) < 4.78 is 6.65. The zero-order valence-corrected chi connectivity index (χ0v) is 13.8. The van der Waals surface area contributed by atoms with E-state index in [9.17, 15) is 5.11 Å². The van der Waals surface area contributed by atoms with Gasteiger partial charge in [-0.15, -0.1) is 0 Å². The van der Waals surface area contributed by atoms with Crippen LogP contribution in [0.4, 0.5) is 0 Å². The van der Waals surface area contributed by atoms with Crippen LogP contribution in [0.3, 0.4) is 0 Å². The van der Waals surface area contributed by atoms with E-state index in [4.69, 9.17) is 4.74 Å². The SMILES string of the molecule is C[C@H]1C[C@H](C)CN(C[C@H](O)COc2ccc(Br)cc2)C1. The predicted octanol–water partition coefficient (Wildman–Crippen LogP) is 3.17. The first-order valence-electron chi connectivity index (χ1n) is 7.31. The molecular formula is C16H24BrNO2. The average molecular weight is 342 g/mol. The second-order valence-electron chi connectivity index (χ2n) is 6.08.